The molecule has 0 amide bonds. The van der Waals surface area contributed by atoms with Gasteiger partial charge in [-0.15, -0.1) is 0 Å². The second kappa shape index (κ2) is 6.97. The molecular weight excluding hydrogens is 344 g/mol. The minimum atomic E-state index is -0.0326. The highest BCUT2D eigenvalue weighted by Gasteiger charge is 2.07. The van der Waals surface area contributed by atoms with Crippen molar-refractivity contribution < 1.29 is 14.6 Å². The first-order valence-electron chi connectivity index (χ1n) is 5.98. The molecule has 106 valence electrons. The van der Waals surface area contributed by atoms with E-state index in [2.05, 4.69) is 15.9 Å². The standard InChI is InChI=1S/C15H14BrClO3/c1-19-15-6-10(8-18)2-5-14(15)20-9-11-3-4-12(16)7-13(11)17/h2-7,18H,8-9H2,1H3. The topological polar surface area (TPSA) is 38.7 Å². The van der Waals surface area contributed by atoms with Gasteiger partial charge < -0.3 is 14.6 Å². The van der Waals surface area contributed by atoms with Gasteiger partial charge in [-0.3, -0.25) is 0 Å². The van der Waals surface area contributed by atoms with Crippen molar-refractivity contribution >= 4 is 27.5 Å². The fraction of sp³-hybridized carbons (Fsp3) is 0.200. The molecular formula is C15H14BrClO3. The van der Waals surface area contributed by atoms with E-state index in [0.717, 1.165) is 15.6 Å². The monoisotopic (exact) mass is 356 g/mol. The Morgan fingerprint density at radius 2 is 1.95 bits per heavy atom. The van der Waals surface area contributed by atoms with Gasteiger partial charge in [0.2, 0.25) is 0 Å². The van der Waals surface area contributed by atoms with E-state index in [1.54, 1.807) is 25.3 Å². The Kier molecular flexibility index (Phi) is 5.29. The first-order chi connectivity index (χ1) is 9.63. The number of hydrogen-bond donors (Lipinski definition) is 1. The van der Waals surface area contributed by atoms with Crippen LogP contribution < -0.4 is 9.47 Å². The van der Waals surface area contributed by atoms with E-state index in [1.807, 2.05) is 18.2 Å². The molecule has 0 unspecified atom stereocenters. The minimum absolute atomic E-state index is 0.0326. The fourth-order valence-corrected chi connectivity index (χ4v) is 2.45. The number of methoxy groups -OCH3 is 1. The summed E-state index contributed by atoms with van der Waals surface area (Å²) >= 11 is 9.50. The Balaban J connectivity index is 2.14. The maximum Gasteiger partial charge on any atom is 0.161 e. The Bertz CT molecular complexity index is 602. The SMILES string of the molecule is COc1cc(CO)ccc1OCc1ccc(Br)cc1Cl. The van der Waals surface area contributed by atoms with E-state index in [9.17, 15) is 0 Å². The quantitative estimate of drug-likeness (QED) is 0.872. The van der Waals surface area contributed by atoms with E-state index in [1.165, 1.54) is 0 Å². The molecule has 0 saturated heterocycles. The van der Waals surface area contributed by atoms with Gasteiger partial charge in [0.25, 0.3) is 0 Å². The Labute approximate surface area is 131 Å². The number of ether oxygens (including phenoxy) is 2. The van der Waals surface area contributed by atoms with Crippen LogP contribution in [0.2, 0.25) is 5.02 Å². The van der Waals surface area contributed by atoms with Crippen LogP contribution in [0.4, 0.5) is 0 Å². The van der Waals surface area contributed by atoms with Gasteiger partial charge >= 0.3 is 0 Å². The van der Waals surface area contributed by atoms with Gasteiger partial charge in [0.15, 0.2) is 11.5 Å². The van der Waals surface area contributed by atoms with Crippen molar-refractivity contribution in [1.82, 2.24) is 0 Å². The fourth-order valence-electron chi connectivity index (χ4n) is 1.72. The lowest BCUT2D eigenvalue weighted by Gasteiger charge is -2.12. The van der Waals surface area contributed by atoms with Crippen LogP contribution >= 0.6 is 27.5 Å². The molecule has 0 bridgehead atoms. The Hall–Kier alpha value is -1.23. The van der Waals surface area contributed by atoms with Crippen molar-refractivity contribution in [3.8, 4) is 11.5 Å². The van der Waals surface area contributed by atoms with Crippen molar-refractivity contribution in [3.63, 3.8) is 0 Å². The van der Waals surface area contributed by atoms with Crippen molar-refractivity contribution in [2.24, 2.45) is 0 Å². The maximum absolute atomic E-state index is 9.10. The highest BCUT2D eigenvalue weighted by Crippen LogP contribution is 2.30. The normalized spacial score (nSPS) is 10.4. The van der Waals surface area contributed by atoms with Gasteiger partial charge in [-0.2, -0.15) is 0 Å². The van der Waals surface area contributed by atoms with E-state index in [4.69, 9.17) is 26.2 Å². The summed E-state index contributed by atoms with van der Waals surface area (Å²) in [5, 5.41) is 9.74. The molecule has 20 heavy (non-hydrogen) atoms. The molecule has 0 aliphatic rings. The molecule has 3 nitrogen and oxygen atoms in total. The lowest BCUT2D eigenvalue weighted by atomic mass is 10.2. The van der Waals surface area contributed by atoms with Crippen molar-refractivity contribution in [2.45, 2.75) is 13.2 Å². The summed E-state index contributed by atoms with van der Waals surface area (Å²) in [6.07, 6.45) is 0. The highest BCUT2D eigenvalue weighted by atomic mass is 79.9. The number of benzene rings is 2. The van der Waals surface area contributed by atoms with E-state index >= 15 is 0 Å². The molecule has 5 heteroatoms. The molecule has 0 aliphatic carbocycles. The molecule has 1 N–H and O–H groups in total. The van der Waals surface area contributed by atoms with Crippen molar-refractivity contribution in [1.29, 1.82) is 0 Å². The summed E-state index contributed by atoms with van der Waals surface area (Å²) in [6.45, 7) is 0.316. The molecule has 0 fully saturated rings. The molecule has 0 heterocycles. The number of aliphatic hydroxyl groups excluding tert-OH is 1. The lowest BCUT2D eigenvalue weighted by Crippen LogP contribution is -1.99. The Morgan fingerprint density at radius 3 is 2.60 bits per heavy atom. The third-order valence-electron chi connectivity index (χ3n) is 2.81. The van der Waals surface area contributed by atoms with Gasteiger partial charge in [-0.05, 0) is 29.8 Å². The number of aliphatic hydroxyl groups is 1. The van der Waals surface area contributed by atoms with Gasteiger partial charge in [-0.25, -0.2) is 0 Å². The molecule has 2 aromatic carbocycles. The minimum Gasteiger partial charge on any atom is -0.493 e. The predicted octanol–water partition coefficient (Wildman–Crippen LogP) is 4.18. The first kappa shape index (κ1) is 15.2. The van der Waals surface area contributed by atoms with E-state index < -0.39 is 0 Å². The largest absolute Gasteiger partial charge is 0.493 e. The van der Waals surface area contributed by atoms with Crippen LogP contribution in [-0.4, -0.2) is 12.2 Å². The summed E-state index contributed by atoms with van der Waals surface area (Å²) in [5.41, 5.74) is 1.67. The zero-order chi connectivity index (χ0) is 14.5. The van der Waals surface area contributed by atoms with Crippen molar-refractivity contribution in [3.05, 3.63) is 57.0 Å². The number of halogens is 2. The molecule has 2 aromatic rings. The average molecular weight is 358 g/mol. The molecule has 0 saturated carbocycles. The summed E-state index contributed by atoms with van der Waals surface area (Å²) in [4.78, 5) is 0. The lowest BCUT2D eigenvalue weighted by molar-refractivity contribution is 0.274. The van der Waals surface area contributed by atoms with Crippen LogP contribution in [0.5, 0.6) is 11.5 Å². The van der Waals surface area contributed by atoms with Gasteiger partial charge in [-0.1, -0.05) is 39.7 Å². The second-order valence-corrected chi connectivity index (χ2v) is 5.49. The zero-order valence-corrected chi connectivity index (χ0v) is 13.2. The van der Waals surface area contributed by atoms with Gasteiger partial charge in [0.1, 0.15) is 6.61 Å². The average Bonchev–Trinajstić information content (AvgIpc) is 2.46. The molecule has 0 atom stereocenters. The van der Waals surface area contributed by atoms with Crippen LogP contribution in [0, 0.1) is 0 Å². The third kappa shape index (κ3) is 3.66. The summed E-state index contributed by atoms with van der Waals surface area (Å²) in [5.74, 6) is 1.20. The molecule has 0 spiro atoms. The van der Waals surface area contributed by atoms with Crippen LogP contribution in [0.15, 0.2) is 40.9 Å². The number of rotatable bonds is 5. The first-order valence-corrected chi connectivity index (χ1v) is 7.15. The number of hydrogen-bond acceptors (Lipinski definition) is 3. The third-order valence-corrected chi connectivity index (χ3v) is 3.65. The smallest absolute Gasteiger partial charge is 0.161 e. The van der Waals surface area contributed by atoms with Crippen LogP contribution in [0.3, 0.4) is 0 Å². The van der Waals surface area contributed by atoms with E-state index in [-0.39, 0.29) is 6.61 Å². The van der Waals surface area contributed by atoms with Crippen LogP contribution in [0.25, 0.3) is 0 Å². The second-order valence-electron chi connectivity index (χ2n) is 4.17. The molecule has 0 radical (unpaired) electrons. The van der Waals surface area contributed by atoms with Crippen LogP contribution in [0.1, 0.15) is 11.1 Å². The molecule has 2 rings (SSSR count). The Morgan fingerprint density at radius 1 is 1.15 bits per heavy atom. The maximum atomic E-state index is 9.10. The zero-order valence-electron chi connectivity index (χ0n) is 10.9. The van der Waals surface area contributed by atoms with Crippen LogP contribution in [-0.2, 0) is 13.2 Å². The molecule has 0 aliphatic heterocycles. The predicted molar refractivity (Wildman–Crippen MR) is 82.4 cm³/mol. The van der Waals surface area contributed by atoms with E-state index in [0.29, 0.717) is 23.1 Å². The van der Waals surface area contributed by atoms with Gasteiger partial charge in [0, 0.05) is 15.1 Å². The summed E-state index contributed by atoms with van der Waals surface area (Å²) in [6, 6.07) is 11.0. The van der Waals surface area contributed by atoms with Crippen molar-refractivity contribution in [2.75, 3.05) is 7.11 Å². The van der Waals surface area contributed by atoms with Gasteiger partial charge in [0.05, 0.1) is 13.7 Å². The molecule has 0 aromatic heterocycles. The summed E-state index contributed by atoms with van der Waals surface area (Å²) < 4.78 is 11.9. The summed E-state index contributed by atoms with van der Waals surface area (Å²) in [7, 11) is 1.57. The highest BCUT2D eigenvalue weighted by molar-refractivity contribution is 9.10.